The van der Waals surface area contributed by atoms with Crippen LogP contribution in [0.15, 0.2) is 109 Å². The quantitative estimate of drug-likeness (QED) is 0.272. The van der Waals surface area contributed by atoms with Crippen molar-refractivity contribution in [2.75, 3.05) is 0 Å². The third kappa shape index (κ3) is 4.96. The number of amides is 1. The van der Waals surface area contributed by atoms with Gasteiger partial charge in [0.2, 0.25) is 0 Å². The SMILES string of the molecule is O=C(NC(Cc1ccccc1)c1ccccc1)c1cc(-c2cccs2)nn1-c1cccc(Cl)c1. The van der Waals surface area contributed by atoms with E-state index in [9.17, 15) is 4.79 Å². The van der Waals surface area contributed by atoms with Crippen LogP contribution in [0.1, 0.15) is 27.7 Å². The first kappa shape index (κ1) is 22.1. The topological polar surface area (TPSA) is 46.9 Å². The van der Waals surface area contributed by atoms with Crippen LogP contribution in [0.4, 0.5) is 0 Å². The van der Waals surface area contributed by atoms with Gasteiger partial charge in [0.05, 0.1) is 16.6 Å². The van der Waals surface area contributed by atoms with E-state index in [0.29, 0.717) is 17.1 Å². The van der Waals surface area contributed by atoms with Gasteiger partial charge in [0.15, 0.2) is 0 Å². The maximum absolute atomic E-state index is 13.7. The monoisotopic (exact) mass is 483 g/mol. The predicted octanol–water partition coefficient (Wildman–Crippen LogP) is 6.97. The Hall–Kier alpha value is -3.67. The van der Waals surface area contributed by atoms with Crippen LogP contribution in [0.3, 0.4) is 0 Å². The third-order valence-electron chi connectivity index (χ3n) is 5.56. The van der Waals surface area contributed by atoms with E-state index in [1.165, 1.54) is 0 Å². The van der Waals surface area contributed by atoms with E-state index in [1.54, 1.807) is 22.1 Å². The minimum absolute atomic E-state index is 0.191. The molecule has 0 aliphatic heterocycles. The van der Waals surface area contributed by atoms with Gasteiger partial charge in [-0.2, -0.15) is 5.10 Å². The molecule has 0 aliphatic rings. The van der Waals surface area contributed by atoms with Crippen molar-refractivity contribution in [2.45, 2.75) is 12.5 Å². The number of halogens is 1. The van der Waals surface area contributed by atoms with Crippen LogP contribution in [-0.4, -0.2) is 15.7 Å². The van der Waals surface area contributed by atoms with Crippen LogP contribution >= 0.6 is 22.9 Å². The highest BCUT2D eigenvalue weighted by molar-refractivity contribution is 7.13. The Morgan fingerprint density at radius 3 is 2.38 bits per heavy atom. The minimum atomic E-state index is -0.194. The standard InChI is InChI=1S/C28H22ClN3OS/c29-22-13-7-14-23(18-22)32-26(19-25(31-32)27-15-8-16-34-27)28(33)30-24(21-11-5-2-6-12-21)17-20-9-3-1-4-10-20/h1-16,18-19,24H,17H2,(H,30,33). The molecule has 0 fully saturated rings. The van der Waals surface area contributed by atoms with Gasteiger partial charge in [0.1, 0.15) is 11.4 Å². The number of carbonyl (C=O) groups excluding carboxylic acids is 1. The molecule has 5 rings (SSSR count). The Morgan fingerprint density at radius 2 is 1.68 bits per heavy atom. The Balaban J connectivity index is 1.52. The van der Waals surface area contributed by atoms with Crippen LogP contribution < -0.4 is 5.32 Å². The van der Waals surface area contributed by atoms with Crippen molar-refractivity contribution >= 4 is 28.8 Å². The summed E-state index contributed by atoms with van der Waals surface area (Å²) in [5, 5.41) is 10.6. The van der Waals surface area contributed by atoms with Crippen molar-refractivity contribution in [1.29, 1.82) is 0 Å². The van der Waals surface area contributed by atoms with Gasteiger partial charge in [-0.1, -0.05) is 84.4 Å². The van der Waals surface area contributed by atoms with Crippen molar-refractivity contribution in [3.63, 3.8) is 0 Å². The van der Waals surface area contributed by atoms with Crippen LogP contribution in [0.2, 0.25) is 5.02 Å². The predicted molar refractivity (Wildman–Crippen MR) is 139 cm³/mol. The number of nitrogens with one attached hydrogen (secondary N) is 1. The molecular formula is C28H22ClN3OS. The second-order valence-corrected chi connectivity index (χ2v) is 9.29. The first-order valence-corrected chi connectivity index (χ1v) is 12.2. The van der Waals surface area contributed by atoms with Gasteiger partial charge in [-0.05, 0) is 53.3 Å². The van der Waals surface area contributed by atoms with Crippen LogP contribution in [0.25, 0.3) is 16.3 Å². The number of thiophene rings is 1. The molecule has 2 heterocycles. The number of rotatable bonds is 7. The smallest absolute Gasteiger partial charge is 0.270 e. The molecule has 168 valence electrons. The molecule has 1 N–H and O–H groups in total. The van der Waals surface area contributed by atoms with Crippen molar-refractivity contribution < 1.29 is 4.79 Å². The number of hydrogen-bond acceptors (Lipinski definition) is 3. The molecule has 4 nitrogen and oxygen atoms in total. The fourth-order valence-electron chi connectivity index (χ4n) is 3.91. The van der Waals surface area contributed by atoms with E-state index in [-0.39, 0.29) is 11.9 Å². The zero-order chi connectivity index (χ0) is 23.3. The van der Waals surface area contributed by atoms with Gasteiger partial charge in [0.25, 0.3) is 5.91 Å². The summed E-state index contributed by atoms with van der Waals surface area (Å²) in [4.78, 5) is 14.7. The van der Waals surface area contributed by atoms with E-state index < -0.39 is 0 Å². The summed E-state index contributed by atoms with van der Waals surface area (Å²) < 4.78 is 1.67. The summed E-state index contributed by atoms with van der Waals surface area (Å²) in [7, 11) is 0. The van der Waals surface area contributed by atoms with Crippen molar-refractivity contribution in [1.82, 2.24) is 15.1 Å². The summed E-state index contributed by atoms with van der Waals surface area (Å²) in [5.41, 5.74) is 4.14. The molecule has 1 amide bonds. The molecule has 5 aromatic rings. The Labute approximate surface area is 207 Å². The summed E-state index contributed by atoms with van der Waals surface area (Å²) in [6.07, 6.45) is 0.680. The number of carbonyl (C=O) groups is 1. The first-order valence-electron chi connectivity index (χ1n) is 11.0. The second kappa shape index (κ2) is 10.1. The number of aromatic nitrogens is 2. The van der Waals surface area contributed by atoms with Gasteiger partial charge in [0, 0.05) is 5.02 Å². The molecule has 0 radical (unpaired) electrons. The molecule has 2 aromatic heterocycles. The van der Waals surface area contributed by atoms with Crippen molar-refractivity contribution in [3.8, 4) is 16.3 Å². The fraction of sp³-hybridized carbons (Fsp3) is 0.0714. The maximum atomic E-state index is 13.7. The zero-order valence-electron chi connectivity index (χ0n) is 18.3. The van der Waals surface area contributed by atoms with E-state index in [1.807, 2.05) is 90.3 Å². The van der Waals surface area contributed by atoms with E-state index in [0.717, 1.165) is 27.4 Å². The Bertz CT molecular complexity index is 1380. The molecule has 0 aliphatic carbocycles. The Kier molecular flexibility index (Phi) is 6.56. The lowest BCUT2D eigenvalue weighted by Crippen LogP contribution is -2.31. The molecule has 3 aromatic carbocycles. The average Bonchev–Trinajstić information content (AvgIpc) is 3.55. The zero-order valence-corrected chi connectivity index (χ0v) is 19.8. The molecule has 6 heteroatoms. The second-order valence-electron chi connectivity index (χ2n) is 7.91. The largest absolute Gasteiger partial charge is 0.344 e. The lowest BCUT2D eigenvalue weighted by Gasteiger charge is -2.20. The van der Waals surface area contributed by atoms with Crippen LogP contribution in [0.5, 0.6) is 0 Å². The minimum Gasteiger partial charge on any atom is -0.344 e. The van der Waals surface area contributed by atoms with E-state index in [4.69, 9.17) is 16.7 Å². The van der Waals surface area contributed by atoms with Gasteiger partial charge in [-0.25, -0.2) is 4.68 Å². The molecule has 1 atom stereocenters. The molecule has 0 spiro atoms. The number of nitrogens with zero attached hydrogens (tertiary/aromatic N) is 2. The van der Waals surface area contributed by atoms with Crippen LogP contribution in [-0.2, 0) is 6.42 Å². The first-order chi connectivity index (χ1) is 16.7. The van der Waals surface area contributed by atoms with Crippen molar-refractivity contribution in [3.05, 3.63) is 130 Å². The maximum Gasteiger partial charge on any atom is 0.270 e. The summed E-state index contributed by atoms with van der Waals surface area (Å²) >= 11 is 7.84. The molecule has 0 saturated carbocycles. The third-order valence-corrected chi connectivity index (χ3v) is 6.69. The van der Waals surface area contributed by atoms with Gasteiger partial charge in [-0.15, -0.1) is 11.3 Å². The normalized spacial score (nSPS) is 11.8. The lowest BCUT2D eigenvalue weighted by molar-refractivity contribution is 0.0928. The van der Waals surface area contributed by atoms with Gasteiger partial charge < -0.3 is 5.32 Å². The van der Waals surface area contributed by atoms with E-state index in [2.05, 4.69) is 17.4 Å². The van der Waals surface area contributed by atoms with Crippen LogP contribution in [0, 0.1) is 0 Å². The highest BCUT2D eigenvalue weighted by atomic mass is 35.5. The van der Waals surface area contributed by atoms with Gasteiger partial charge in [-0.3, -0.25) is 4.79 Å². The molecular weight excluding hydrogens is 462 g/mol. The molecule has 34 heavy (non-hydrogen) atoms. The average molecular weight is 484 g/mol. The molecule has 0 saturated heterocycles. The summed E-state index contributed by atoms with van der Waals surface area (Å²) in [5.74, 6) is -0.194. The summed E-state index contributed by atoms with van der Waals surface area (Å²) in [6.45, 7) is 0. The molecule has 0 bridgehead atoms. The fourth-order valence-corrected chi connectivity index (χ4v) is 4.78. The van der Waals surface area contributed by atoms with Gasteiger partial charge >= 0.3 is 0 Å². The summed E-state index contributed by atoms with van der Waals surface area (Å²) in [6, 6.07) is 33.2. The Morgan fingerprint density at radius 1 is 0.912 bits per heavy atom. The molecule has 1 unspecified atom stereocenters. The highest BCUT2D eigenvalue weighted by Gasteiger charge is 2.22. The highest BCUT2D eigenvalue weighted by Crippen LogP contribution is 2.27. The van der Waals surface area contributed by atoms with Crippen molar-refractivity contribution in [2.24, 2.45) is 0 Å². The van der Waals surface area contributed by atoms with E-state index >= 15 is 0 Å². The number of benzene rings is 3. The number of hydrogen-bond donors (Lipinski definition) is 1. The lowest BCUT2D eigenvalue weighted by atomic mass is 9.98.